The molecule has 1 aliphatic heterocycles. The van der Waals surface area contributed by atoms with Gasteiger partial charge in [-0.3, -0.25) is 19.3 Å². The van der Waals surface area contributed by atoms with Gasteiger partial charge in [-0.05, 0) is 65.0 Å². The molecule has 0 spiro atoms. The predicted octanol–water partition coefficient (Wildman–Crippen LogP) is 2.20. The summed E-state index contributed by atoms with van der Waals surface area (Å²) < 4.78 is 5.14. The van der Waals surface area contributed by atoms with E-state index in [1.54, 1.807) is 45.0 Å². The molecule has 0 aromatic heterocycles. The fraction of sp³-hybridized carbons (Fsp3) is 0.565. The molecule has 176 valence electrons. The van der Waals surface area contributed by atoms with Gasteiger partial charge >= 0.3 is 6.09 Å². The van der Waals surface area contributed by atoms with E-state index < -0.39 is 17.7 Å². The number of benzene rings is 1. The molecule has 1 heterocycles. The summed E-state index contributed by atoms with van der Waals surface area (Å²) in [5.41, 5.74) is 6.26. The number of carbonyl (C=O) groups excluding carboxylic acids is 4. The van der Waals surface area contributed by atoms with Crippen molar-refractivity contribution in [1.29, 1.82) is 0 Å². The standard InChI is InChI=1S/C23H34N4O5/c1-23(2,3)32-22(31)26-14-9-12-18(24)19(28)25-13-7-4-8-15-27-20(29)16-10-5-6-11-17(16)21(27)30/h5-6,10-11,18H,4,7-9,12-15,24H2,1-3H3,(H,25,28)(H,26,31). The number of nitrogens with two attached hydrogens (primary N) is 1. The number of rotatable bonds is 11. The van der Waals surface area contributed by atoms with Crippen molar-refractivity contribution in [2.75, 3.05) is 19.6 Å². The summed E-state index contributed by atoms with van der Waals surface area (Å²) in [5.74, 6) is -0.723. The highest BCUT2D eigenvalue weighted by atomic mass is 16.6. The molecular weight excluding hydrogens is 412 g/mol. The van der Waals surface area contributed by atoms with E-state index in [0.717, 1.165) is 12.8 Å². The number of fused-ring (bicyclic) bond motifs is 1. The van der Waals surface area contributed by atoms with Crippen molar-refractivity contribution in [2.45, 2.75) is 64.5 Å². The summed E-state index contributed by atoms with van der Waals surface area (Å²) in [4.78, 5) is 49.5. The summed E-state index contributed by atoms with van der Waals surface area (Å²) in [6.07, 6.45) is 2.68. The lowest BCUT2D eigenvalue weighted by molar-refractivity contribution is -0.122. The first-order valence-electron chi connectivity index (χ1n) is 11.1. The van der Waals surface area contributed by atoms with Crippen LogP contribution >= 0.6 is 0 Å². The van der Waals surface area contributed by atoms with Crippen LogP contribution in [0.4, 0.5) is 4.79 Å². The van der Waals surface area contributed by atoms with Crippen LogP contribution in [0.1, 0.15) is 73.6 Å². The fourth-order valence-electron chi connectivity index (χ4n) is 3.31. The summed E-state index contributed by atoms with van der Waals surface area (Å²) in [6.45, 7) is 6.59. The summed E-state index contributed by atoms with van der Waals surface area (Å²) >= 11 is 0. The Bertz CT molecular complexity index is 799. The number of unbranched alkanes of at least 4 members (excludes halogenated alkanes) is 2. The largest absolute Gasteiger partial charge is 0.444 e. The Kier molecular flexibility index (Phi) is 9.19. The zero-order valence-corrected chi connectivity index (χ0v) is 19.1. The van der Waals surface area contributed by atoms with Crippen molar-refractivity contribution in [3.63, 3.8) is 0 Å². The third kappa shape index (κ3) is 7.64. The number of nitrogens with one attached hydrogen (secondary N) is 2. The molecule has 1 aliphatic rings. The minimum absolute atomic E-state index is 0.234. The molecule has 0 saturated carbocycles. The molecule has 2 rings (SSSR count). The average Bonchev–Trinajstić information content (AvgIpc) is 2.97. The SMILES string of the molecule is CC(C)(C)OC(=O)NCCCC(N)C(=O)NCCCCCN1C(=O)c2ccccc2C1=O. The molecule has 1 aromatic carbocycles. The summed E-state index contributed by atoms with van der Waals surface area (Å²) in [6, 6.07) is 6.19. The maximum absolute atomic E-state index is 12.3. The van der Waals surface area contributed by atoms with Crippen LogP contribution in [-0.4, -0.2) is 60.0 Å². The molecule has 0 radical (unpaired) electrons. The van der Waals surface area contributed by atoms with Crippen molar-refractivity contribution in [1.82, 2.24) is 15.5 Å². The van der Waals surface area contributed by atoms with Gasteiger partial charge in [0.15, 0.2) is 0 Å². The first-order valence-corrected chi connectivity index (χ1v) is 11.1. The van der Waals surface area contributed by atoms with Gasteiger partial charge in [0.25, 0.3) is 11.8 Å². The van der Waals surface area contributed by atoms with Crippen molar-refractivity contribution in [2.24, 2.45) is 5.73 Å². The zero-order valence-electron chi connectivity index (χ0n) is 19.1. The minimum Gasteiger partial charge on any atom is -0.444 e. The lowest BCUT2D eigenvalue weighted by Crippen LogP contribution is -2.41. The van der Waals surface area contributed by atoms with Gasteiger partial charge in [-0.25, -0.2) is 4.79 Å². The van der Waals surface area contributed by atoms with Crippen LogP contribution in [0.2, 0.25) is 0 Å². The number of ether oxygens (including phenoxy) is 1. The molecule has 1 unspecified atom stereocenters. The number of hydrogen-bond donors (Lipinski definition) is 3. The maximum atomic E-state index is 12.3. The molecule has 0 fully saturated rings. The third-order valence-electron chi connectivity index (χ3n) is 4.93. The smallest absolute Gasteiger partial charge is 0.407 e. The Morgan fingerprint density at radius 2 is 1.56 bits per heavy atom. The lowest BCUT2D eigenvalue weighted by atomic mass is 10.1. The molecule has 32 heavy (non-hydrogen) atoms. The summed E-state index contributed by atoms with van der Waals surface area (Å²) in [5, 5.41) is 5.43. The van der Waals surface area contributed by atoms with Gasteiger partial charge in [-0.15, -0.1) is 0 Å². The molecule has 0 saturated heterocycles. The zero-order chi connectivity index (χ0) is 23.7. The van der Waals surface area contributed by atoms with Crippen molar-refractivity contribution < 1.29 is 23.9 Å². The van der Waals surface area contributed by atoms with E-state index in [2.05, 4.69) is 10.6 Å². The second kappa shape index (κ2) is 11.6. The summed E-state index contributed by atoms with van der Waals surface area (Å²) in [7, 11) is 0. The third-order valence-corrected chi connectivity index (χ3v) is 4.93. The van der Waals surface area contributed by atoms with Crippen molar-refractivity contribution in [3.05, 3.63) is 35.4 Å². The van der Waals surface area contributed by atoms with Crippen LogP contribution < -0.4 is 16.4 Å². The Hall–Kier alpha value is -2.94. The van der Waals surface area contributed by atoms with E-state index in [4.69, 9.17) is 10.5 Å². The van der Waals surface area contributed by atoms with E-state index in [-0.39, 0.29) is 17.7 Å². The van der Waals surface area contributed by atoms with Gasteiger partial charge in [-0.2, -0.15) is 0 Å². The van der Waals surface area contributed by atoms with Gasteiger partial charge in [0.1, 0.15) is 5.60 Å². The first kappa shape index (κ1) is 25.3. The Morgan fingerprint density at radius 1 is 0.969 bits per heavy atom. The normalized spacial score (nSPS) is 14.2. The van der Waals surface area contributed by atoms with Gasteiger partial charge in [-0.1, -0.05) is 12.1 Å². The maximum Gasteiger partial charge on any atom is 0.407 e. The van der Waals surface area contributed by atoms with Crippen LogP contribution in [0.3, 0.4) is 0 Å². The number of nitrogens with zero attached hydrogens (tertiary/aromatic N) is 1. The predicted molar refractivity (Wildman–Crippen MR) is 120 cm³/mol. The van der Waals surface area contributed by atoms with Gasteiger partial charge in [0.05, 0.1) is 17.2 Å². The van der Waals surface area contributed by atoms with E-state index >= 15 is 0 Å². The number of carbonyl (C=O) groups is 4. The van der Waals surface area contributed by atoms with Crippen LogP contribution in [-0.2, 0) is 9.53 Å². The molecule has 1 atom stereocenters. The highest BCUT2D eigenvalue weighted by molar-refractivity contribution is 6.21. The highest BCUT2D eigenvalue weighted by Gasteiger charge is 2.34. The van der Waals surface area contributed by atoms with Crippen LogP contribution in [0, 0.1) is 0 Å². The Balaban J connectivity index is 1.54. The highest BCUT2D eigenvalue weighted by Crippen LogP contribution is 2.22. The topological polar surface area (TPSA) is 131 Å². The fourth-order valence-corrected chi connectivity index (χ4v) is 3.31. The lowest BCUT2D eigenvalue weighted by Gasteiger charge is -2.19. The van der Waals surface area contributed by atoms with Crippen LogP contribution in [0.15, 0.2) is 24.3 Å². The number of imide groups is 1. The van der Waals surface area contributed by atoms with Crippen molar-refractivity contribution >= 4 is 23.8 Å². The average molecular weight is 447 g/mol. The number of hydrogen-bond acceptors (Lipinski definition) is 6. The second-order valence-electron chi connectivity index (χ2n) is 8.84. The number of amides is 4. The van der Waals surface area contributed by atoms with Crippen LogP contribution in [0.5, 0.6) is 0 Å². The molecule has 1 aromatic rings. The molecule has 4 N–H and O–H groups in total. The molecule has 9 nitrogen and oxygen atoms in total. The van der Waals surface area contributed by atoms with Crippen LogP contribution in [0.25, 0.3) is 0 Å². The monoisotopic (exact) mass is 446 g/mol. The quantitative estimate of drug-likeness (QED) is 0.353. The minimum atomic E-state index is -0.645. The first-order chi connectivity index (χ1) is 15.1. The van der Waals surface area contributed by atoms with E-state index in [1.165, 1.54) is 4.90 Å². The van der Waals surface area contributed by atoms with E-state index in [0.29, 0.717) is 50.0 Å². The molecular formula is C23H34N4O5. The molecule has 4 amide bonds. The molecule has 9 heteroatoms. The second-order valence-corrected chi connectivity index (χ2v) is 8.84. The Morgan fingerprint density at radius 3 is 2.16 bits per heavy atom. The van der Waals surface area contributed by atoms with Gasteiger partial charge in [0.2, 0.25) is 5.91 Å². The number of alkyl carbamates (subject to hydrolysis) is 1. The van der Waals surface area contributed by atoms with E-state index in [9.17, 15) is 19.2 Å². The molecule has 0 bridgehead atoms. The molecule has 0 aliphatic carbocycles. The van der Waals surface area contributed by atoms with Crippen molar-refractivity contribution in [3.8, 4) is 0 Å². The Labute approximate surface area is 189 Å². The van der Waals surface area contributed by atoms with E-state index in [1.807, 2.05) is 0 Å². The van der Waals surface area contributed by atoms with Gasteiger partial charge < -0.3 is 21.1 Å². The van der Waals surface area contributed by atoms with Gasteiger partial charge in [0, 0.05) is 19.6 Å².